The number of aromatic nitrogens is 1. The quantitative estimate of drug-likeness (QED) is 0.534. The molecule has 1 aromatic carbocycles. The first-order valence-electron chi connectivity index (χ1n) is 11.3. The Kier molecular flexibility index (Phi) is 7.89. The molecule has 0 radical (unpaired) electrons. The van der Waals surface area contributed by atoms with Crippen LogP contribution in [0.1, 0.15) is 42.5 Å². The zero-order chi connectivity index (χ0) is 23.3. The number of aliphatic hydroxyl groups excluding tert-OH is 1. The van der Waals surface area contributed by atoms with Gasteiger partial charge in [0, 0.05) is 50.7 Å². The maximum atomic E-state index is 13.0. The standard InChI is InChI=1S/C26H34N4O2/c1-19(2)17-30-20(3)14-23(21(30)4)15-24(16-27)26(32)29-12-10-28(11-13-29)18-25(31)22-8-6-5-7-9-22/h5-9,14-15,19,25,31H,10-13,17-18H2,1-4H3/b24-15-. The number of benzene rings is 1. The van der Waals surface area contributed by atoms with Gasteiger partial charge in [-0.05, 0) is 43.0 Å². The SMILES string of the molecule is Cc1cc(/C=C(/C#N)C(=O)N2CCN(CC(O)c3ccccc3)CC2)c(C)n1CC(C)C. The second-order valence-corrected chi connectivity index (χ2v) is 9.02. The number of rotatable bonds is 7. The summed E-state index contributed by atoms with van der Waals surface area (Å²) in [5, 5.41) is 20.1. The Labute approximate surface area is 191 Å². The molecule has 0 aliphatic carbocycles. The molecule has 2 heterocycles. The van der Waals surface area contributed by atoms with Crippen molar-refractivity contribution in [3.63, 3.8) is 0 Å². The number of carbonyl (C=O) groups excluding carboxylic acids is 1. The molecule has 1 atom stereocenters. The van der Waals surface area contributed by atoms with Gasteiger partial charge < -0.3 is 14.6 Å². The lowest BCUT2D eigenvalue weighted by molar-refractivity contribution is -0.128. The number of hydrogen-bond donors (Lipinski definition) is 1. The van der Waals surface area contributed by atoms with Crippen LogP contribution in [0.25, 0.3) is 6.08 Å². The highest BCUT2D eigenvalue weighted by Crippen LogP contribution is 2.21. The van der Waals surface area contributed by atoms with Gasteiger partial charge in [-0.15, -0.1) is 0 Å². The lowest BCUT2D eigenvalue weighted by Gasteiger charge is -2.35. The van der Waals surface area contributed by atoms with Crippen molar-refractivity contribution >= 4 is 12.0 Å². The Morgan fingerprint density at radius 3 is 2.38 bits per heavy atom. The molecule has 1 fully saturated rings. The summed E-state index contributed by atoms with van der Waals surface area (Å²) in [6, 6.07) is 13.8. The van der Waals surface area contributed by atoms with Crippen LogP contribution in [0.2, 0.25) is 0 Å². The maximum absolute atomic E-state index is 13.0. The number of nitrogens with zero attached hydrogens (tertiary/aromatic N) is 4. The molecular formula is C26H34N4O2. The van der Waals surface area contributed by atoms with E-state index < -0.39 is 6.10 Å². The highest BCUT2D eigenvalue weighted by atomic mass is 16.3. The van der Waals surface area contributed by atoms with Crippen LogP contribution in [0.5, 0.6) is 0 Å². The summed E-state index contributed by atoms with van der Waals surface area (Å²) in [7, 11) is 0. The Morgan fingerprint density at radius 2 is 1.78 bits per heavy atom. The van der Waals surface area contributed by atoms with Crippen molar-refractivity contribution in [2.75, 3.05) is 32.7 Å². The second kappa shape index (κ2) is 10.6. The Morgan fingerprint density at radius 1 is 1.12 bits per heavy atom. The van der Waals surface area contributed by atoms with Crippen LogP contribution in [0.15, 0.2) is 42.0 Å². The zero-order valence-corrected chi connectivity index (χ0v) is 19.6. The third-order valence-electron chi connectivity index (χ3n) is 6.09. The highest BCUT2D eigenvalue weighted by Gasteiger charge is 2.25. The predicted octanol–water partition coefficient (Wildman–Crippen LogP) is 3.55. The molecule has 1 aromatic heterocycles. The fourth-order valence-corrected chi connectivity index (χ4v) is 4.25. The number of aliphatic hydroxyl groups is 1. The molecule has 3 rings (SSSR count). The zero-order valence-electron chi connectivity index (χ0n) is 19.6. The lowest BCUT2D eigenvalue weighted by Crippen LogP contribution is -2.49. The molecule has 0 saturated carbocycles. The van der Waals surface area contributed by atoms with Crippen molar-refractivity contribution in [1.82, 2.24) is 14.4 Å². The normalized spacial score (nSPS) is 16.3. The van der Waals surface area contributed by atoms with Gasteiger partial charge >= 0.3 is 0 Å². The van der Waals surface area contributed by atoms with E-state index in [2.05, 4.69) is 36.3 Å². The van der Waals surface area contributed by atoms with Gasteiger partial charge in [0.05, 0.1) is 6.10 Å². The molecule has 1 amide bonds. The highest BCUT2D eigenvalue weighted by molar-refractivity contribution is 6.01. The topological polar surface area (TPSA) is 72.5 Å². The largest absolute Gasteiger partial charge is 0.387 e. The van der Waals surface area contributed by atoms with E-state index >= 15 is 0 Å². The van der Waals surface area contributed by atoms with E-state index in [-0.39, 0.29) is 11.5 Å². The average Bonchev–Trinajstić information content (AvgIpc) is 3.05. The fourth-order valence-electron chi connectivity index (χ4n) is 4.25. The van der Waals surface area contributed by atoms with Crippen LogP contribution in [0.3, 0.4) is 0 Å². The third kappa shape index (κ3) is 5.67. The van der Waals surface area contributed by atoms with Crippen molar-refractivity contribution in [2.45, 2.75) is 40.3 Å². The molecule has 6 heteroatoms. The Balaban J connectivity index is 1.63. The summed E-state index contributed by atoms with van der Waals surface area (Å²) < 4.78 is 2.24. The van der Waals surface area contributed by atoms with Crippen molar-refractivity contribution in [3.05, 3.63) is 64.5 Å². The Hall–Kier alpha value is -2.88. The minimum absolute atomic E-state index is 0.174. The molecule has 1 aliphatic rings. The molecule has 6 nitrogen and oxygen atoms in total. The minimum Gasteiger partial charge on any atom is -0.387 e. The van der Waals surface area contributed by atoms with Crippen LogP contribution in [-0.2, 0) is 11.3 Å². The first kappa shape index (κ1) is 23.8. The first-order chi connectivity index (χ1) is 15.3. The smallest absolute Gasteiger partial charge is 0.264 e. The van der Waals surface area contributed by atoms with Gasteiger partial charge in [0.25, 0.3) is 5.91 Å². The number of nitriles is 1. The molecular weight excluding hydrogens is 400 g/mol. The number of hydrogen-bond acceptors (Lipinski definition) is 4. The van der Waals surface area contributed by atoms with Gasteiger partial charge in [-0.2, -0.15) is 5.26 Å². The van der Waals surface area contributed by atoms with Crippen LogP contribution < -0.4 is 0 Å². The molecule has 1 saturated heterocycles. The van der Waals surface area contributed by atoms with Gasteiger partial charge in [0.1, 0.15) is 11.6 Å². The van der Waals surface area contributed by atoms with Gasteiger partial charge in [0.15, 0.2) is 0 Å². The molecule has 0 bridgehead atoms. The van der Waals surface area contributed by atoms with Gasteiger partial charge in [-0.1, -0.05) is 44.2 Å². The summed E-state index contributed by atoms with van der Waals surface area (Å²) in [5.41, 5.74) is 4.22. The molecule has 170 valence electrons. The summed E-state index contributed by atoms with van der Waals surface area (Å²) >= 11 is 0. The summed E-state index contributed by atoms with van der Waals surface area (Å²) in [5.74, 6) is 0.301. The van der Waals surface area contributed by atoms with E-state index in [1.807, 2.05) is 43.3 Å². The number of piperazine rings is 1. The molecule has 32 heavy (non-hydrogen) atoms. The van der Waals surface area contributed by atoms with E-state index in [1.165, 1.54) is 0 Å². The number of carbonyl (C=O) groups is 1. The maximum Gasteiger partial charge on any atom is 0.264 e. The van der Waals surface area contributed by atoms with Crippen molar-refractivity contribution < 1.29 is 9.90 Å². The third-order valence-corrected chi connectivity index (χ3v) is 6.09. The monoisotopic (exact) mass is 434 g/mol. The number of amides is 1. The molecule has 0 spiro atoms. The lowest BCUT2D eigenvalue weighted by atomic mass is 10.1. The van der Waals surface area contributed by atoms with Crippen LogP contribution in [-0.4, -0.2) is 58.1 Å². The summed E-state index contributed by atoms with van der Waals surface area (Å²) in [6.45, 7) is 12.4. The van der Waals surface area contributed by atoms with Crippen molar-refractivity contribution in [3.8, 4) is 6.07 Å². The molecule has 1 unspecified atom stereocenters. The van der Waals surface area contributed by atoms with E-state index in [4.69, 9.17) is 0 Å². The van der Waals surface area contributed by atoms with Crippen molar-refractivity contribution in [2.24, 2.45) is 5.92 Å². The number of aryl methyl sites for hydroxylation is 1. The van der Waals surface area contributed by atoms with E-state index in [1.54, 1.807) is 11.0 Å². The Bertz CT molecular complexity index is 993. The predicted molar refractivity (Wildman–Crippen MR) is 127 cm³/mol. The van der Waals surface area contributed by atoms with E-state index in [0.717, 1.165) is 29.1 Å². The van der Waals surface area contributed by atoms with Crippen LogP contribution in [0.4, 0.5) is 0 Å². The molecule has 2 aromatic rings. The van der Waals surface area contributed by atoms with Gasteiger partial charge in [-0.3, -0.25) is 9.69 Å². The van der Waals surface area contributed by atoms with Gasteiger partial charge in [0.2, 0.25) is 0 Å². The average molecular weight is 435 g/mol. The van der Waals surface area contributed by atoms with E-state index in [9.17, 15) is 15.2 Å². The molecule has 1 N–H and O–H groups in total. The van der Waals surface area contributed by atoms with Crippen molar-refractivity contribution in [1.29, 1.82) is 5.26 Å². The van der Waals surface area contributed by atoms with Gasteiger partial charge in [-0.25, -0.2) is 0 Å². The number of β-amino-alcohol motifs (C(OH)–C–C–N with tert-alkyl or cyclic N) is 1. The summed E-state index contributed by atoms with van der Waals surface area (Å²) in [6.07, 6.45) is 1.18. The minimum atomic E-state index is -0.547. The molecule has 1 aliphatic heterocycles. The van der Waals surface area contributed by atoms with Crippen LogP contribution in [0, 0.1) is 31.1 Å². The van der Waals surface area contributed by atoms with E-state index in [0.29, 0.717) is 38.6 Å². The summed E-state index contributed by atoms with van der Waals surface area (Å²) in [4.78, 5) is 16.9. The second-order valence-electron chi connectivity index (χ2n) is 9.02. The fraction of sp³-hybridized carbons (Fsp3) is 0.462. The van der Waals surface area contributed by atoms with Crippen LogP contribution >= 0.6 is 0 Å². The first-order valence-corrected chi connectivity index (χ1v) is 11.3.